The fraction of sp³-hybridized carbons (Fsp3) is 0.250. The lowest BCUT2D eigenvalue weighted by Gasteiger charge is -2.36. The average Bonchev–Trinajstić information content (AvgIpc) is 2.71. The van der Waals surface area contributed by atoms with Crippen molar-refractivity contribution in [3.05, 3.63) is 69.6 Å². The van der Waals surface area contributed by atoms with E-state index in [0.29, 0.717) is 36.8 Å². The molecule has 0 atom stereocenters. The number of halogens is 1. The average molecular weight is 383 g/mol. The first-order valence-corrected chi connectivity index (χ1v) is 9.17. The molecule has 1 amide bonds. The van der Waals surface area contributed by atoms with Crippen molar-refractivity contribution < 1.29 is 4.79 Å². The summed E-state index contributed by atoms with van der Waals surface area (Å²) in [6.45, 7) is 2.42. The van der Waals surface area contributed by atoms with Crippen LogP contribution in [0.2, 0.25) is 5.02 Å². The summed E-state index contributed by atoms with van der Waals surface area (Å²) in [4.78, 5) is 33.7. The second-order valence-corrected chi connectivity index (χ2v) is 6.98. The Morgan fingerprint density at radius 1 is 1.07 bits per heavy atom. The molecule has 3 aromatic rings. The van der Waals surface area contributed by atoms with Crippen LogP contribution < -0.4 is 10.5 Å². The van der Waals surface area contributed by atoms with Crippen LogP contribution in [0.5, 0.6) is 0 Å². The largest absolute Gasteiger partial charge is 0.367 e. The van der Waals surface area contributed by atoms with Gasteiger partial charge in [-0.1, -0.05) is 23.7 Å². The zero-order valence-corrected chi connectivity index (χ0v) is 15.7. The molecular formula is C20H19ClN4O2. The van der Waals surface area contributed by atoms with E-state index >= 15 is 0 Å². The number of hydrogen-bond acceptors (Lipinski definition) is 4. The first-order chi connectivity index (χ1) is 13.1. The van der Waals surface area contributed by atoms with E-state index in [9.17, 15) is 9.59 Å². The highest BCUT2D eigenvalue weighted by Crippen LogP contribution is 2.26. The van der Waals surface area contributed by atoms with Gasteiger partial charge in [-0.25, -0.2) is 4.98 Å². The summed E-state index contributed by atoms with van der Waals surface area (Å²) in [5, 5.41) is 1.48. The van der Waals surface area contributed by atoms with Crippen molar-refractivity contribution in [1.29, 1.82) is 0 Å². The zero-order valence-electron chi connectivity index (χ0n) is 14.9. The number of nitrogens with zero attached hydrogens (tertiary/aromatic N) is 4. The van der Waals surface area contributed by atoms with Gasteiger partial charge in [0.25, 0.3) is 11.5 Å². The maximum Gasteiger partial charge on any atom is 0.264 e. The maximum absolute atomic E-state index is 13.0. The summed E-state index contributed by atoms with van der Waals surface area (Å²) in [6.07, 6.45) is 1.64. The molecule has 2 aromatic heterocycles. The van der Waals surface area contributed by atoms with Crippen molar-refractivity contribution in [1.82, 2.24) is 14.5 Å². The van der Waals surface area contributed by atoms with Gasteiger partial charge in [0, 0.05) is 44.8 Å². The molecule has 1 saturated heterocycles. The number of piperazine rings is 1. The van der Waals surface area contributed by atoms with E-state index in [2.05, 4.69) is 9.88 Å². The van der Waals surface area contributed by atoms with E-state index in [1.807, 2.05) is 30.3 Å². The van der Waals surface area contributed by atoms with Crippen molar-refractivity contribution in [2.75, 3.05) is 31.1 Å². The van der Waals surface area contributed by atoms with Crippen molar-refractivity contribution >= 4 is 34.2 Å². The number of benzene rings is 1. The highest BCUT2D eigenvalue weighted by atomic mass is 35.5. The molecule has 0 N–H and O–H groups in total. The molecule has 0 spiro atoms. The molecule has 0 bridgehead atoms. The SMILES string of the molecule is Cn1c(=O)c(C(=O)N2CCN(c3ccccc3Cl)CC2)cc2cccnc21. The van der Waals surface area contributed by atoms with Gasteiger partial charge in [-0.2, -0.15) is 0 Å². The molecule has 1 aliphatic heterocycles. The third kappa shape index (κ3) is 3.17. The van der Waals surface area contributed by atoms with E-state index in [-0.39, 0.29) is 17.0 Å². The quantitative estimate of drug-likeness (QED) is 0.683. The highest BCUT2D eigenvalue weighted by Gasteiger charge is 2.25. The molecule has 0 unspecified atom stereocenters. The minimum atomic E-state index is -0.320. The molecule has 6 nitrogen and oxygen atoms in total. The molecule has 138 valence electrons. The van der Waals surface area contributed by atoms with E-state index in [1.54, 1.807) is 30.3 Å². The normalized spacial score (nSPS) is 14.6. The number of hydrogen-bond donors (Lipinski definition) is 0. The van der Waals surface area contributed by atoms with Gasteiger partial charge < -0.3 is 9.80 Å². The Morgan fingerprint density at radius 3 is 2.56 bits per heavy atom. The Labute approximate surface area is 161 Å². The molecule has 1 fully saturated rings. The number of amides is 1. The van der Waals surface area contributed by atoms with E-state index in [1.165, 1.54) is 4.57 Å². The van der Waals surface area contributed by atoms with Crippen molar-refractivity contribution in [2.24, 2.45) is 7.05 Å². The molecule has 1 aromatic carbocycles. The first kappa shape index (κ1) is 17.5. The van der Waals surface area contributed by atoms with Gasteiger partial charge in [-0.3, -0.25) is 14.2 Å². The molecule has 7 heteroatoms. The number of aryl methyl sites for hydroxylation is 1. The third-order valence-electron chi connectivity index (χ3n) is 4.96. The van der Waals surface area contributed by atoms with Crippen LogP contribution in [-0.2, 0) is 7.05 Å². The number of anilines is 1. The van der Waals surface area contributed by atoms with Crippen LogP contribution in [0.1, 0.15) is 10.4 Å². The Morgan fingerprint density at radius 2 is 1.81 bits per heavy atom. The van der Waals surface area contributed by atoms with Crippen LogP contribution in [0.25, 0.3) is 11.0 Å². The van der Waals surface area contributed by atoms with Gasteiger partial charge in [0.2, 0.25) is 0 Å². The van der Waals surface area contributed by atoms with E-state index < -0.39 is 0 Å². The van der Waals surface area contributed by atoms with Crippen molar-refractivity contribution in [3.8, 4) is 0 Å². The Bertz CT molecular complexity index is 1070. The van der Waals surface area contributed by atoms with Gasteiger partial charge in [0.15, 0.2) is 0 Å². The van der Waals surface area contributed by atoms with Crippen LogP contribution in [0.15, 0.2) is 53.5 Å². The molecule has 0 saturated carbocycles. The minimum Gasteiger partial charge on any atom is -0.367 e. The second kappa shape index (κ2) is 7.04. The van der Waals surface area contributed by atoms with Crippen LogP contribution in [0.4, 0.5) is 5.69 Å². The standard InChI is InChI=1S/C20H19ClN4O2/c1-23-18-14(5-4-8-22-18)13-15(19(23)26)20(27)25-11-9-24(10-12-25)17-7-3-2-6-16(17)21/h2-8,13H,9-12H2,1H3. The van der Waals surface area contributed by atoms with Crippen LogP contribution >= 0.6 is 11.6 Å². The number of para-hydroxylation sites is 1. The number of rotatable bonds is 2. The Hall–Kier alpha value is -2.86. The van der Waals surface area contributed by atoms with Crippen LogP contribution in [-0.4, -0.2) is 46.5 Å². The smallest absolute Gasteiger partial charge is 0.264 e. The van der Waals surface area contributed by atoms with Gasteiger partial charge in [-0.05, 0) is 30.3 Å². The number of carbonyl (C=O) groups is 1. The second-order valence-electron chi connectivity index (χ2n) is 6.57. The summed E-state index contributed by atoms with van der Waals surface area (Å²) in [7, 11) is 1.64. The topological polar surface area (TPSA) is 58.4 Å². The molecule has 3 heterocycles. The van der Waals surface area contributed by atoms with Crippen molar-refractivity contribution in [2.45, 2.75) is 0 Å². The third-order valence-corrected chi connectivity index (χ3v) is 5.28. The van der Waals surface area contributed by atoms with E-state index in [0.717, 1.165) is 11.1 Å². The fourth-order valence-corrected chi connectivity index (χ4v) is 3.73. The monoisotopic (exact) mass is 382 g/mol. The summed E-state index contributed by atoms with van der Waals surface area (Å²) in [5.41, 5.74) is 1.41. The summed E-state index contributed by atoms with van der Waals surface area (Å²) in [6, 6.07) is 13.0. The van der Waals surface area contributed by atoms with Crippen molar-refractivity contribution in [3.63, 3.8) is 0 Å². The highest BCUT2D eigenvalue weighted by molar-refractivity contribution is 6.33. The van der Waals surface area contributed by atoms with Gasteiger partial charge in [-0.15, -0.1) is 0 Å². The number of fused-ring (bicyclic) bond motifs is 1. The molecular weight excluding hydrogens is 364 g/mol. The molecule has 0 radical (unpaired) electrons. The lowest BCUT2D eigenvalue weighted by molar-refractivity contribution is 0.0744. The lowest BCUT2D eigenvalue weighted by atomic mass is 10.1. The lowest BCUT2D eigenvalue weighted by Crippen LogP contribution is -2.50. The van der Waals surface area contributed by atoms with E-state index in [4.69, 9.17) is 11.6 Å². The Kier molecular flexibility index (Phi) is 4.58. The summed E-state index contributed by atoms with van der Waals surface area (Å²) >= 11 is 6.27. The summed E-state index contributed by atoms with van der Waals surface area (Å²) in [5.74, 6) is -0.236. The zero-order chi connectivity index (χ0) is 19.0. The summed E-state index contributed by atoms with van der Waals surface area (Å²) < 4.78 is 1.43. The first-order valence-electron chi connectivity index (χ1n) is 8.80. The number of pyridine rings is 2. The molecule has 4 rings (SSSR count). The Balaban J connectivity index is 1.57. The van der Waals surface area contributed by atoms with Gasteiger partial charge in [0.1, 0.15) is 11.2 Å². The molecule has 27 heavy (non-hydrogen) atoms. The number of aromatic nitrogens is 2. The predicted molar refractivity (Wildman–Crippen MR) is 107 cm³/mol. The molecule has 1 aliphatic rings. The fourth-order valence-electron chi connectivity index (χ4n) is 3.48. The predicted octanol–water partition coefficient (Wildman–Crippen LogP) is 2.55. The minimum absolute atomic E-state index is 0.184. The molecule has 0 aliphatic carbocycles. The van der Waals surface area contributed by atoms with Gasteiger partial charge in [0.05, 0.1) is 10.7 Å². The van der Waals surface area contributed by atoms with Crippen LogP contribution in [0.3, 0.4) is 0 Å². The van der Waals surface area contributed by atoms with Gasteiger partial charge >= 0.3 is 0 Å². The van der Waals surface area contributed by atoms with Crippen LogP contribution in [0, 0.1) is 0 Å². The number of carbonyl (C=O) groups excluding carboxylic acids is 1. The maximum atomic E-state index is 13.0.